The highest BCUT2D eigenvalue weighted by Gasteiger charge is 2.27. The quantitative estimate of drug-likeness (QED) is 0.883. The van der Waals surface area contributed by atoms with Gasteiger partial charge in [0.25, 0.3) is 0 Å². The highest BCUT2D eigenvalue weighted by atomic mass is 35.5. The average Bonchev–Trinajstić information content (AvgIpc) is 2.59. The van der Waals surface area contributed by atoms with Gasteiger partial charge in [-0.25, -0.2) is 13.4 Å². The van der Waals surface area contributed by atoms with E-state index in [1.165, 1.54) is 10.5 Å². The summed E-state index contributed by atoms with van der Waals surface area (Å²) >= 11 is 6.02. The number of hydrogen-bond donors (Lipinski definition) is 1. The van der Waals surface area contributed by atoms with Gasteiger partial charge in [0.1, 0.15) is 10.7 Å². The second-order valence-electron chi connectivity index (χ2n) is 6.17. The molecular weight excluding hydrogens is 360 g/mol. The van der Waals surface area contributed by atoms with E-state index in [1.807, 2.05) is 32.2 Å². The third-order valence-corrected chi connectivity index (χ3v) is 6.42. The van der Waals surface area contributed by atoms with Crippen LogP contribution in [-0.2, 0) is 10.0 Å². The maximum absolute atomic E-state index is 12.7. The first-order valence-electron chi connectivity index (χ1n) is 8.04. The maximum atomic E-state index is 12.7. The molecule has 0 saturated carbocycles. The fraction of sp³-hybridized carbons (Fsp3) is 0.353. The van der Waals surface area contributed by atoms with Gasteiger partial charge in [-0.15, -0.1) is 0 Å². The fourth-order valence-electron chi connectivity index (χ4n) is 2.65. The summed E-state index contributed by atoms with van der Waals surface area (Å²) in [5.74, 6) is 0.572. The molecule has 0 radical (unpaired) electrons. The average molecular weight is 381 g/mol. The Bertz CT molecular complexity index is 847. The first kappa shape index (κ1) is 18.1. The lowest BCUT2D eigenvalue weighted by Gasteiger charge is -2.31. The number of nitrogens with one attached hydrogen (secondary N) is 1. The zero-order chi connectivity index (χ0) is 18.0. The van der Waals surface area contributed by atoms with E-state index >= 15 is 0 Å². The first-order chi connectivity index (χ1) is 11.9. The van der Waals surface area contributed by atoms with Crippen LogP contribution in [0.5, 0.6) is 0 Å². The number of aromatic nitrogens is 1. The molecule has 0 atom stereocenters. The predicted octanol–water partition coefficient (Wildman–Crippen LogP) is 2.72. The molecule has 1 aliphatic heterocycles. The Kier molecular flexibility index (Phi) is 5.29. The van der Waals surface area contributed by atoms with E-state index in [4.69, 9.17) is 11.6 Å². The molecule has 0 unspecified atom stereocenters. The van der Waals surface area contributed by atoms with Crippen LogP contribution in [0.15, 0.2) is 41.4 Å². The largest absolute Gasteiger partial charge is 0.340 e. The summed E-state index contributed by atoms with van der Waals surface area (Å²) < 4.78 is 26.9. The number of piperazine rings is 1. The predicted molar refractivity (Wildman–Crippen MR) is 100.0 cm³/mol. The minimum absolute atomic E-state index is 0.213. The molecule has 2 heterocycles. The topological polar surface area (TPSA) is 65.5 Å². The van der Waals surface area contributed by atoms with E-state index in [0.29, 0.717) is 23.9 Å². The lowest BCUT2D eigenvalue weighted by atomic mass is 10.2. The van der Waals surface area contributed by atoms with Gasteiger partial charge >= 0.3 is 0 Å². The Labute approximate surface area is 153 Å². The fourth-order valence-corrected chi connectivity index (χ4v) is 4.19. The maximum Gasteiger partial charge on any atom is 0.244 e. The van der Waals surface area contributed by atoms with Crippen LogP contribution in [0.2, 0.25) is 5.02 Å². The number of aryl methyl sites for hydroxylation is 1. The number of benzene rings is 1. The molecule has 0 aliphatic carbocycles. The lowest BCUT2D eigenvalue weighted by molar-refractivity contribution is 0.222. The SMILES string of the molecule is Cc1ccc(Cl)cc1Nc1ccc(S(=O)(=O)N2CCN(C)CC2)cn1. The molecule has 0 bridgehead atoms. The molecule has 0 amide bonds. The van der Waals surface area contributed by atoms with Crippen molar-refractivity contribution < 1.29 is 8.42 Å². The number of rotatable bonds is 4. The highest BCUT2D eigenvalue weighted by Crippen LogP contribution is 2.24. The number of likely N-dealkylation sites (N-methyl/N-ethyl adjacent to an activating group) is 1. The van der Waals surface area contributed by atoms with Gasteiger partial charge in [-0.2, -0.15) is 4.31 Å². The minimum atomic E-state index is -3.49. The van der Waals surface area contributed by atoms with Crippen molar-refractivity contribution in [1.82, 2.24) is 14.2 Å². The molecular formula is C17H21ClN4O2S. The number of nitrogens with zero attached hydrogens (tertiary/aromatic N) is 3. The van der Waals surface area contributed by atoms with E-state index in [0.717, 1.165) is 24.3 Å². The van der Waals surface area contributed by atoms with Gasteiger partial charge in [-0.1, -0.05) is 17.7 Å². The second kappa shape index (κ2) is 7.29. The van der Waals surface area contributed by atoms with Gasteiger partial charge < -0.3 is 10.2 Å². The number of pyridine rings is 1. The van der Waals surface area contributed by atoms with E-state index in [-0.39, 0.29) is 4.90 Å². The van der Waals surface area contributed by atoms with Crippen molar-refractivity contribution >= 4 is 33.1 Å². The van der Waals surface area contributed by atoms with Crippen molar-refractivity contribution in [2.24, 2.45) is 0 Å². The normalized spacial score (nSPS) is 16.8. The minimum Gasteiger partial charge on any atom is -0.340 e. The number of sulfonamides is 1. The summed E-state index contributed by atoms with van der Waals surface area (Å²) in [5.41, 5.74) is 1.87. The van der Waals surface area contributed by atoms with Crippen LogP contribution in [0, 0.1) is 6.92 Å². The standard InChI is InChI=1S/C17H21ClN4O2S/c1-13-3-4-14(18)11-16(13)20-17-6-5-15(12-19-17)25(23,24)22-9-7-21(2)8-10-22/h3-6,11-12H,7-10H2,1-2H3,(H,19,20). The summed E-state index contributed by atoms with van der Waals surface area (Å²) in [6.07, 6.45) is 1.40. The molecule has 1 aromatic carbocycles. The van der Waals surface area contributed by atoms with E-state index in [1.54, 1.807) is 12.1 Å². The van der Waals surface area contributed by atoms with Crippen LogP contribution in [0.25, 0.3) is 0 Å². The molecule has 2 aromatic rings. The van der Waals surface area contributed by atoms with Crippen LogP contribution in [-0.4, -0.2) is 55.8 Å². The van der Waals surface area contributed by atoms with Gasteiger partial charge in [0.2, 0.25) is 10.0 Å². The third kappa shape index (κ3) is 4.12. The molecule has 134 valence electrons. The Morgan fingerprint density at radius 3 is 2.48 bits per heavy atom. The van der Waals surface area contributed by atoms with Gasteiger partial charge in [0, 0.05) is 43.1 Å². The van der Waals surface area contributed by atoms with Gasteiger partial charge in [0.15, 0.2) is 0 Å². The summed E-state index contributed by atoms with van der Waals surface area (Å²) in [6, 6.07) is 8.80. The summed E-state index contributed by atoms with van der Waals surface area (Å²) in [7, 11) is -1.50. The van der Waals surface area contributed by atoms with E-state index < -0.39 is 10.0 Å². The molecule has 1 N–H and O–H groups in total. The van der Waals surface area contributed by atoms with Crippen molar-refractivity contribution in [2.45, 2.75) is 11.8 Å². The van der Waals surface area contributed by atoms with E-state index in [9.17, 15) is 8.42 Å². The Hall–Kier alpha value is -1.67. The van der Waals surface area contributed by atoms with Gasteiger partial charge in [-0.05, 0) is 43.8 Å². The zero-order valence-corrected chi connectivity index (χ0v) is 15.8. The lowest BCUT2D eigenvalue weighted by Crippen LogP contribution is -2.47. The highest BCUT2D eigenvalue weighted by molar-refractivity contribution is 7.89. The van der Waals surface area contributed by atoms with Crippen molar-refractivity contribution in [3.05, 3.63) is 47.1 Å². The van der Waals surface area contributed by atoms with Crippen LogP contribution >= 0.6 is 11.6 Å². The van der Waals surface area contributed by atoms with Gasteiger partial charge in [-0.3, -0.25) is 0 Å². The molecule has 1 aromatic heterocycles. The summed E-state index contributed by atoms with van der Waals surface area (Å²) in [6.45, 7) is 4.44. The van der Waals surface area contributed by atoms with Crippen LogP contribution in [0.1, 0.15) is 5.56 Å². The van der Waals surface area contributed by atoms with Crippen molar-refractivity contribution in [1.29, 1.82) is 0 Å². The Balaban J connectivity index is 1.76. The van der Waals surface area contributed by atoms with Gasteiger partial charge in [0.05, 0.1) is 0 Å². The molecule has 3 rings (SSSR count). The first-order valence-corrected chi connectivity index (χ1v) is 9.86. The molecule has 0 spiro atoms. The summed E-state index contributed by atoms with van der Waals surface area (Å²) in [5, 5.41) is 3.79. The van der Waals surface area contributed by atoms with Crippen LogP contribution in [0.4, 0.5) is 11.5 Å². The number of anilines is 2. The Morgan fingerprint density at radius 1 is 1.12 bits per heavy atom. The van der Waals surface area contributed by atoms with Crippen molar-refractivity contribution in [3.63, 3.8) is 0 Å². The zero-order valence-electron chi connectivity index (χ0n) is 14.2. The van der Waals surface area contributed by atoms with Crippen LogP contribution in [0.3, 0.4) is 0 Å². The third-order valence-electron chi connectivity index (χ3n) is 4.30. The molecule has 1 fully saturated rings. The molecule has 6 nitrogen and oxygen atoms in total. The molecule has 25 heavy (non-hydrogen) atoms. The Morgan fingerprint density at radius 2 is 1.84 bits per heavy atom. The molecule has 8 heteroatoms. The van der Waals surface area contributed by atoms with Crippen LogP contribution < -0.4 is 5.32 Å². The molecule has 1 saturated heterocycles. The molecule has 1 aliphatic rings. The second-order valence-corrected chi connectivity index (χ2v) is 8.55. The van der Waals surface area contributed by atoms with Crippen molar-refractivity contribution in [3.8, 4) is 0 Å². The monoisotopic (exact) mass is 380 g/mol. The number of hydrogen-bond acceptors (Lipinski definition) is 5. The van der Waals surface area contributed by atoms with Crippen molar-refractivity contribution in [2.75, 3.05) is 38.5 Å². The summed E-state index contributed by atoms with van der Waals surface area (Å²) in [4.78, 5) is 6.58. The van der Waals surface area contributed by atoms with E-state index in [2.05, 4.69) is 15.2 Å². The number of halogens is 1. The smallest absolute Gasteiger partial charge is 0.244 e.